The molecule has 1 N–H and O–H groups in total. The van der Waals surface area contributed by atoms with Gasteiger partial charge in [-0.1, -0.05) is 11.6 Å². The molecule has 0 aliphatic carbocycles. The Morgan fingerprint density at radius 1 is 1.03 bits per heavy atom. The van der Waals surface area contributed by atoms with Gasteiger partial charge in [0.15, 0.2) is 0 Å². The Kier molecular flexibility index (Phi) is 6.35. The van der Waals surface area contributed by atoms with Crippen LogP contribution < -0.4 is 10.2 Å². The molecule has 0 spiro atoms. The lowest BCUT2D eigenvalue weighted by Gasteiger charge is -2.39. The first-order valence-corrected chi connectivity index (χ1v) is 10.3. The number of rotatable bonds is 6. The molecule has 1 saturated heterocycles. The summed E-state index contributed by atoms with van der Waals surface area (Å²) in [5.74, 6) is 0.446. The molecule has 1 atom stereocenters. The van der Waals surface area contributed by atoms with E-state index in [9.17, 15) is 9.18 Å². The maximum atomic E-state index is 13.2. The highest BCUT2D eigenvalue weighted by atomic mass is 35.5. The van der Waals surface area contributed by atoms with Crippen LogP contribution in [0.1, 0.15) is 22.2 Å². The van der Waals surface area contributed by atoms with Crippen LogP contribution in [0.4, 0.5) is 10.1 Å². The van der Waals surface area contributed by atoms with Crippen molar-refractivity contribution in [2.75, 3.05) is 37.6 Å². The summed E-state index contributed by atoms with van der Waals surface area (Å²) in [6, 6.07) is 17.1. The molecule has 3 aromatic rings. The number of furan rings is 1. The molecule has 1 aromatic heterocycles. The summed E-state index contributed by atoms with van der Waals surface area (Å²) in [5, 5.41) is 3.61. The third kappa shape index (κ3) is 4.83. The lowest BCUT2D eigenvalue weighted by Crippen LogP contribution is -2.49. The Labute approximate surface area is 180 Å². The summed E-state index contributed by atoms with van der Waals surface area (Å²) in [7, 11) is 0. The van der Waals surface area contributed by atoms with E-state index in [0.717, 1.165) is 37.6 Å². The van der Waals surface area contributed by atoms with E-state index >= 15 is 0 Å². The van der Waals surface area contributed by atoms with E-state index in [1.165, 1.54) is 12.1 Å². The summed E-state index contributed by atoms with van der Waals surface area (Å²) in [4.78, 5) is 17.1. The molecule has 5 nitrogen and oxygen atoms in total. The molecule has 1 amide bonds. The van der Waals surface area contributed by atoms with Gasteiger partial charge in [-0.05, 0) is 60.7 Å². The topological polar surface area (TPSA) is 48.7 Å². The van der Waals surface area contributed by atoms with Crippen molar-refractivity contribution in [1.29, 1.82) is 0 Å². The number of carbonyl (C=O) groups is 1. The van der Waals surface area contributed by atoms with Crippen LogP contribution in [0.15, 0.2) is 71.3 Å². The van der Waals surface area contributed by atoms with Gasteiger partial charge in [0.25, 0.3) is 5.91 Å². The van der Waals surface area contributed by atoms with E-state index in [1.807, 2.05) is 12.1 Å². The third-order valence-corrected chi connectivity index (χ3v) is 5.63. The van der Waals surface area contributed by atoms with Gasteiger partial charge in [-0.2, -0.15) is 0 Å². The van der Waals surface area contributed by atoms with Crippen molar-refractivity contribution in [3.8, 4) is 0 Å². The molecule has 0 radical (unpaired) electrons. The highest BCUT2D eigenvalue weighted by Gasteiger charge is 2.27. The molecular weight excluding hydrogens is 405 g/mol. The van der Waals surface area contributed by atoms with E-state index in [0.29, 0.717) is 17.1 Å². The SMILES string of the molecule is O=C(NCC(c1ccco1)N1CCN(c2ccc(F)cc2)CC1)c1ccc(Cl)cc1. The number of benzene rings is 2. The third-order valence-electron chi connectivity index (χ3n) is 5.38. The van der Waals surface area contributed by atoms with Crippen LogP contribution in [0.2, 0.25) is 5.02 Å². The van der Waals surface area contributed by atoms with Crippen LogP contribution in [0.5, 0.6) is 0 Å². The molecule has 156 valence electrons. The fourth-order valence-electron chi connectivity index (χ4n) is 3.73. The average Bonchev–Trinajstić information content (AvgIpc) is 3.30. The first-order chi connectivity index (χ1) is 14.6. The van der Waals surface area contributed by atoms with Crippen molar-refractivity contribution in [1.82, 2.24) is 10.2 Å². The number of nitrogens with one attached hydrogen (secondary N) is 1. The van der Waals surface area contributed by atoms with Gasteiger partial charge in [0.05, 0.1) is 12.3 Å². The van der Waals surface area contributed by atoms with Crippen molar-refractivity contribution in [2.45, 2.75) is 6.04 Å². The molecule has 4 rings (SSSR count). The number of anilines is 1. The monoisotopic (exact) mass is 427 g/mol. The molecule has 1 fully saturated rings. The summed E-state index contributed by atoms with van der Waals surface area (Å²) >= 11 is 5.90. The Balaban J connectivity index is 1.40. The number of hydrogen-bond acceptors (Lipinski definition) is 4. The molecule has 2 aromatic carbocycles. The average molecular weight is 428 g/mol. The quantitative estimate of drug-likeness (QED) is 0.634. The van der Waals surface area contributed by atoms with Crippen LogP contribution in [0.3, 0.4) is 0 Å². The highest BCUT2D eigenvalue weighted by molar-refractivity contribution is 6.30. The van der Waals surface area contributed by atoms with Gasteiger partial charge >= 0.3 is 0 Å². The van der Waals surface area contributed by atoms with Crippen LogP contribution in [0.25, 0.3) is 0 Å². The fourth-order valence-corrected chi connectivity index (χ4v) is 3.85. The second kappa shape index (κ2) is 9.32. The van der Waals surface area contributed by atoms with Gasteiger partial charge < -0.3 is 14.6 Å². The van der Waals surface area contributed by atoms with E-state index in [4.69, 9.17) is 16.0 Å². The van der Waals surface area contributed by atoms with Gasteiger partial charge in [0, 0.05) is 49.0 Å². The minimum atomic E-state index is -0.230. The molecule has 0 bridgehead atoms. The Morgan fingerprint density at radius 3 is 2.37 bits per heavy atom. The molecular formula is C23H23ClFN3O2. The zero-order chi connectivity index (χ0) is 20.9. The summed E-state index contributed by atoms with van der Waals surface area (Å²) in [6.07, 6.45) is 1.65. The maximum Gasteiger partial charge on any atom is 0.251 e. The van der Waals surface area contributed by atoms with E-state index in [-0.39, 0.29) is 17.8 Å². The van der Waals surface area contributed by atoms with Crippen LogP contribution in [0, 0.1) is 5.82 Å². The first-order valence-electron chi connectivity index (χ1n) is 9.92. The molecule has 1 unspecified atom stereocenters. The normalized spacial score (nSPS) is 15.7. The van der Waals surface area contributed by atoms with Gasteiger partial charge in [-0.3, -0.25) is 9.69 Å². The zero-order valence-electron chi connectivity index (χ0n) is 16.4. The van der Waals surface area contributed by atoms with Crippen LogP contribution in [-0.2, 0) is 0 Å². The summed E-state index contributed by atoms with van der Waals surface area (Å²) in [5.41, 5.74) is 1.58. The number of amides is 1. The summed E-state index contributed by atoms with van der Waals surface area (Å²) < 4.78 is 18.9. The number of nitrogens with zero attached hydrogens (tertiary/aromatic N) is 2. The molecule has 2 heterocycles. The fraction of sp³-hybridized carbons (Fsp3) is 0.261. The van der Waals surface area contributed by atoms with Gasteiger partial charge in [-0.25, -0.2) is 4.39 Å². The Morgan fingerprint density at radius 2 is 1.73 bits per heavy atom. The number of hydrogen-bond donors (Lipinski definition) is 1. The maximum absolute atomic E-state index is 13.2. The Hall–Kier alpha value is -2.83. The van der Waals surface area contributed by atoms with Crippen molar-refractivity contribution in [3.05, 3.63) is 89.1 Å². The standard InChI is InChI=1S/C23H23ClFN3O2/c24-18-5-3-17(4-6-18)23(29)26-16-21(22-2-1-15-30-22)28-13-11-27(12-14-28)20-9-7-19(25)8-10-20/h1-10,15,21H,11-14,16H2,(H,26,29). The second-order valence-electron chi connectivity index (χ2n) is 7.25. The zero-order valence-corrected chi connectivity index (χ0v) is 17.2. The van der Waals surface area contributed by atoms with Gasteiger partial charge in [-0.15, -0.1) is 0 Å². The highest BCUT2D eigenvalue weighted by Crippen LogP contribution is 2.24. The minimum absolute atomic E-state index is 0.0633. The smallest absolute Gasteiger partial charge is 0.251 e. The van der Waals surface area contributed by atoms with Crippen molar-refractivity contribution in [2.24, 2.45) is 0 Å². The summed E-state index contributed by atoms with van der Waals surface area (Å²) in [6.45, 7) is 3.67. The van der Waals surface area contributed by atoms with E-state index in [1.54, 1.807) is 42.7 Å². The molecule has 0 saturated carbocycles. The molecule has 1 aliphatic heterocycles. The number of carbonyl (C=O) groups excluding carboxylic acids is 1. The van der Waals surface area contributed by atoms with E-state index < -0.39 is 0 Å². The van der Waals surface area contributed by atoms with Gasteiger partial charge in [0.1, 0.15) is 11.6 Å². The minimum Gasteiger partial charge on any atom is -0.468 e. The lowest BCUT2D eigenvalue weighted by molar-refractivity contribution is 0.0923. The van der Waals surface area contributed by atoms with Crippen molar-refractivity contribution in [3.63, 3.8) is 0 Å². The Bertz CT molecular complexity index is 953. The largest absolute Gasteiger partial charge is 0.468 e. The predicted molar refractivity (Wildman–Crippen MR) is 115 cm³/mol. The number of halogens is 2. The predicted octanol–water partition coefficient (Wildman–Crippen LogP) is 4.37. The number of piperazine rings is 1. The molecule has 7 heteroatoms. The van der Waals surface area contributed by atoms with Crippen molar-refractivity contribution < 1.29 is 13.6 Å². The van der Waals surface area contributed by atoms with E-state index in [2.05, 4.69) is 15.1 Å². The van der Waals surface area contributed by atoms with Crippen molar-refractivity contribution >= 4 is 23.2 Å². The van der Waals surface area contributed by atoms with Crippen LogP contribution in [-0.4, -0.2) is 43.5 Å². The lowest BCUT2D eigenvalue weighted by atomic mass is 10.1. The molecule has 30 heavy (non-hydrogen) atoms. The second-order valence-corrected chi connectivity index (χ2v) is 7.68. The molecule has 1 aliphatic rings. The van der Waals surface area contributed by atoms with Crippen LogP contribution >= 0.6 is 11.6 Å². The van der Waals surface area contributed by atoms with Gasteiger partial charge in [0.2, 0.25) is 0 Å². The first kappa shape index (κ1) is 20.4.